The minimum absolute atomic E-state index is 0.0807. The molecule has 388 valence electrons. The van der Waals surface area contributed by atoms with E-state index in [-0.39, 0.29) is 11.8 Å². The van der Waals surface area contributed by atoms with Gasteiger partial charge in [0.15, 0.2) is 0 Å². The zero-order valence-corrected chi connectivity index (χ0v) is 45.4. The third kappa shape index (κ3) is 6.13. The largest absolute Gasteiger partial charge is 0.310 e. The van der Waals surface area contributed by atoms with E-state index in [0.29, 0.717) is 0 Å². The van der Waals surface area contributed by atoms with Gasteiger partial charge in [-0.15, -0.1) is 0 Å². The van der Waals surface area contributed by atoms with Gasteiger partial charge in [0.2, 0.25) is 0 Å². The topological polar surface area (TPSA) is 13.1 Å². The third-order valence-corrected chi connectivity index (χ3v) is 19.3. The molecule has 3 aliphatic carbocycles. The molecule has 12 aromatic carbocycles. The van der Waals surface area contributed by atoms with Crippen LogP contribution in [0.4, 0.5) is 17.1 Å². The molecule has 3 heterocycles. The average Bonchev–Trinajstić information content (AvgIpc) is 1.68. The van der Waals surface area contributed by atoms with Gasteiger partial charge < -0.3 is 14.0 Å². The fourth-order valence-corrected chi connectivity index (χ4v) is 16.2. The lowest BCUT2D eigenvalue weighted by molar-refractivity contribution is 0.457. The van der Waals surface area contributed by atoms with Crippen LogP contribution in [0, 0.1) is 5.92 Å². The number of anilines is 3. The monoisotopic (exact) mass is 1060 g/mol. The van der Waals surface area contributed by atoms with E-state index in [0.717, 1.165) is 22.6 Å². The Morgan fingerprint density at radius 3 is 1.64 bits per heavy atom. The molecule has 1 spiro atoms. The van der Waals surface area contributed by atoms with Gasteiger partial charge in [-0.3, -0.25) is 0 Å². The maximum absolute atomic E-state index is 2.63. The number of hydrogen-bond acceptors (Lipinski definition) is 1. The first-order valence-electron chi connectivity index (χ1n) is 29.2. The molecular weight excluding hydrogens is 1000 g/mol. The van der Waals surface area contributed by atoms with Gasteiger partial charge in [-0.2, -0.15) is 0 Å². The zero-order valence-electron chi connectivity index (χ0n) is 45.4. The summed E-state index contributed by atoms with van der Waals surface area (Å²) in [4.78, 5) is 2.63. The van der Waals surface area contributed by atoms with Crippen LogP contribution >= 0.6 is 0 Å². The minimum atomic E-state index is -0.615. The molecule has 3 heteroatoms. The Balaban J connectivity index is 0.898. The van der Waals surface area contributed by atoms with Crippen LogP contribution in [0.3, 0.4) is 0 Å². The van der Waals surface area contributed by atoms with Crippen molar-refractivity contribution in [2.24, 2.45) is 5.92 Å². The predicted octanol–water partition coefficient (Wildman–Crippen LogP) is 19.9. The Kier molecular flexibility index (Phi) is 9.77. The van der Waals surface area contributed by atoms with Crippen molar-refractivity contribution < 1.29 is 0 Å². The van der Waals surface area contributed by atoms with Gasteiger partial charge in [-0.05, 0) is 122 Å². The van der Waals surface area contributed by atoms with Crippen LogP contribution < -0.4 is 4.90 Å². The predicted molar refractivity (Wildman–Crippen MR) is 343 cm³/mol. The second-order valence-corrected chi connectivity index (χ2v) is 23.0. The number of hydrogen-bond donors (Lipinski definition) is 0. The Morgan fingerprint density at radius 1 is 0.361 bits per heavy atom. The van der Waals surface area contributed by atoms with Crippen LogP contribution in [0.5, 0.6) is 0 Å². The second-order valence-electron chi connectivity index (χ2n) is 23.0. The highest BCUT2D eigenvalue weighted by Crippen LogP contribution is 2.66. The zero-order chi connectivity index (χ0) is 54.4. The van der Waals surface area contributed by atoms with Crippen molar-refractivity contribution in [1.29, 1.82) is 0 Å². The fourth-order valence-electron chi connectivity index (χ4n) is 16.2. The average molecular weight is 1060 g/mol. The van der Waals surface area contributed by atoms with Crippen LogP contribution in [0.1, 0.15) is 50.4 Å². The summed E-state index contributed by atoms with van der Waals surface area (Å²) in [5.41, 5.74) is 25.0. The van der Waals surface area contributed by atoms with E-state index in [4.69, 9.17) is 0 Å². The highest BCUT2D eigenvalue weighted by atomic mass is 15.2. The van der Waals surface area contributed by atoms with Crippen LogP contribution in [-0.2, 0) is 10.8 Å². The summed E-state index contributed by atoms with van der Waals surface area (Å²) in [6, 6.07) is 107. The lowest BCUT2D eigenvalue weighted by Crippen LogP contribution is -2.34. The van der Waals surface area contributed by atoms with E-state index >= 15 is 0 Å². The van der Waals surface area contributed by atoms with Crippen molar-refractivity contribution >= 4 is 60.7 Å². The maximum atomic E-state index is 2.63. The third-order valence-electron chi connectivity index (χ3n) is 19.3. The van der Waals surface area contributed by atoms with Gasteiger partial charge in [0.25, 0.3) is 0 Å². The molecule has 0 radical (unpaired) electrons. The maximum Gasteiger partial charge on any atom is 0.0755 e. The molecule has 3 nitrogen and oxygen atoms in total. The lowest BCUT2D eigenvalue weighted by atomic mass is 9.63. The first-order valence-corrected chi connectivity index (χ1v) is 29.2. The molecule has 0 saturated heterocycles. The number of fused-ring (bicyclic) bond motifs is 18. The van der Waals surface area contributed by atoms with Gasteiger partial charge in [0.05, 0.1) is 50.0 Å². The Bertz CT molecular complexity index is 4960. The molecule has 3 atom stereocenters. The molecule has 14 aromatic rings. The Morgan fingerprint density at radius 2 is 0.904 bits per heavy atom. The number of allylic oxidation sites excluding steroid dienone is 4. The summed E-state index contributed by atoms with van der Waals surface area (Å²) in [5, 5.41) is 5.07. The summed E-state index contributed by atoms with van der Waals surface area (Å²) in [6.45, 7) is 0. The molecule has 0 bridgehead atoms. The van der Waals surface area contributed by atoms with Crippen LogP contribution in [0.2, 0.25) is 0 Å². The first kappa shape index (κ1) is 46.3. The first-order chi connectivity index (χ1) is 41.2. The summed E-state index contributed by atoms with van der Waals surface area (Å²) in [5.74, 6) is 0.202. The standard InChI is InChI=1S/C80H53N3/c1-3-24-54(25-4-1)79(55-26-5-2-6-27-55)64-35-12-7-32-62(64)76-67(79)38-21-45-74(76)81(56-49-47-52(48-50-56)53-23-19-28-57(51-53)82-70-41-15-9-29-58(70)59-30-10-16-42-71(59)82)75-46-22-39-68-77(75)63-33-8-13-36-65(63)80(68)66-37-14-18-44-73(66)83-72-43-17-11-31-60(72)61-34-20-40-69(80)78(61)83/h1-51,62,64H. The molecule has 1 aliphatic heterocycles. The van der Waals surface area contributed by atoms with Gasteiger partial charge in [-0.1, -0.05) is 249 Å². The molecule has 83 heavy (non-hydrogen) atoms. The van der Waals surface area contributed by atoms with E-state index in [1.165, 1.54) is 116 Å². The Hall–Kier alpha value is -10.5. The van der Waals surface area contributed by atoms with Gasteiger partial charge >= 0.3 is 0 Å². The van der Waals surface area contributed by atoms with Crippen molar-refractivity contribution in [3.63, 3.8) is 0 Å². The minimum Gasteiger partial charge on any atom is -0.310 e. The number of nitrogens with zero attached hydrogens (tertiary/aromatic N) is 3. The Labute approximate surface area is 482 Å². The molecule has 2 aromatic heterocycles. The normalized spacial score (nSPS) is 17.4. The van der Waals surface area contributed by atoms with Crippen molar-refractivity contribution in [2.75, 3.05) is 4.90 Å². The quantitative estimate of drug-likeness (QED) is 0.155. The van der Waals surface area contributed by atoms with E-state index in [1.807, 2.05) is 0 Å². The summed E-state index contributed by atoms with van der Waals surface area (Å²) in [6.07, 6.45) is 9.52. The smallest absolute Gasteiger partial charge is 0.0755 e. The van der Waals surface area contributed by atoms with Crippen LogP contribution in [0.25, 0.3) is 77.2 Å². The summed E-state index contributed by atoms with van der Waals surface area (Å²) >= 11 is 0. The highest BCUT2D eigenvalue weighted by molar-refractivity contribution is 6.14. The molecule has 0 fully saturated rings. The highest BCUT2D eigenvalue weighted by Gasteiger charge is 2.55. The van der Waals surface area contributed by atoms with Crippen molar-refractivity contribution in [3.8, 4) is 33.6 Å². The van der Waals surface area contributed by atoms with E-state index in [9.17, 15) is 0 Å². The van der Waals surface area contributed by atoms with E-state index in [2.05, 4.69) is 323 Å². The molecule has 4 aliphatic rings. The fraction of sp³-hybridized carbons (Fsp3) is 0.0500. The summed E-state index contributed by atoms with van der Waals surface area (Å²) < 4.78 is 4.96. The molecule has 0 saturated carbocycles. The van der Waals surface area contributed by atoms with Crippen molar-refractivity contribution in [3.05, 3.63) is 354 Å². The molecule has 0 N–H and O–H groups in total. The van der Waals surface area contributed by atoms with Gasteiger partial charge in [0.1, 0.15) is 0 Å². The molecule has 3 unspecified atom stereocenters. The number of rotatable bonds is 7. The SMILES string of the molecule is C1=CC2c3c(N(c4ccc(-c5cccc(-n6c7ccccc7c7ccccc76)c5)cc4)c4cccc5c4-c4ccccc4C54c5ccccc5-n5c6ccccc6c6cccc4c65)cccc3C(c3ccccc3)(c3ccccc3)C2C=C1. The second kappa shape index (κ2) is 17.5. The molecular formula is C80H53N3. The van der Waals surface area contributed by atoms with Gasteiger partial charge in [0, 0.05) is 50.3 Å². The van der Waals surface area contributed by atoms with E-state index in [1.54, 1.807) is 0 Å². The number of aromatic nitrogens is 2. The van der Waals surface area contributed by atoms with Crippen molar-refractivity contribution in [2.45, 2.75) is 16.7 Å². The summed E-state index contributed by atoms with van der Waals surface area (Å²) in [7, 11) is 0. The molecule has 18 rings (SSSR count). The number of para-hydroxylation sites is 5. The van der Waals surface area contributed by atoms with Crippen LogP contribution in [0.15, 0.2) is 309 Å². The van der Waals surface area contributed by atoms with E-state index < -0.39 is 10.8 Å². The van der Waals surface area contributed by atoms with Crippen molar-refractivity contribution in [1.82, 2.24) is 9.13 Å². The lowest BCUT2D eigenvalue weighted by Gasteiger charge is -2.39. The molecule has 0 amide bonds. The number of benzene rings is 12. The van der Waals surface area contributed by atoms with Crippen LogP contribution in [-0.4, -0.2) is 9.13 Å². The van der Waals surface area contributed by atoms with Gasteiger partial charge in [-0.25, -0.2) is 0 Å².